The van der Waals surface area contributed by atoms with Gasteiger partial charge in [0.25, 0.3) is 0 Å². The molecular weight excluding hydrogens is 206 g/mol. The lowest BCUT2D eigenvalue weighted by Crippen LogP contribution is -2.25. The maximum atomic E-state index is 3.66. The van der Waals surface area contributed by atoms with E-state index in [2.05, 4.69) is 58.1 Å². The molecule has 1 N–H and O–H groups in total. The van der Waals surface area contributed by atoms with E-state index in [1.54, 1.807) is 0 Å². The molecule has 0 fully saturated rings. The average Bonchev–Trinajstić information content (AvgIpc) is 2.30. The van der Waals surface area contributed by atoms with Gasteiger partial charge >= 0.3 is 0 Å². The van der Waals surface area contributed by atoms with Crippen LogP contribution in [-0.4, -0.2) is 6.54 Å². The van der Waals surface area contributed by atoms with E-state index in [-0.39, 0.29) is 0 Å². The van der Waals surface area contributed by atoms with Crippen LogP contribution in [-0.2, 0) is 0 Å². The van der Waals surface area contributed by atoms with Gasteiger partial charge in [-0.25, -0.2) is 0 Å². The molecule has 17 heavy (non-hydrogen) atoms. The fourth-order valence-corrected chi connectivity index (χ4v) is 2.34. The first-order valence-electron chi connectivity index (χ1n) is 6.89. The summed E-state index contributed by atoms with van der Waals surface area (Å²) in [7, 11) is 0. The van der Waals surface area contributed by atoms with Gasteiger partial charge in [0.15, 0.2) is 0 Å². The lowest BCUT2D eigenvalue weighted by molar-refractivity contribution is 0.422. The molecule has 1 aromatic carbocycles. The minimum absolute atomic E-state index is 0.455. The van der Waals surface area contributed by atoms with Gasteiger partial charge in [0.1, 0.15) is 0 Å². The summed E-state index contributed by atoms with van der Waals surface area (Å²) in [6.07, 6.45) is 2.53. The van der Waals surface area contributed by atoms with E-state index in [0.29, 0.717) is 6.04 Å². The van der Waals surface area contributed by atoms with Crippen molar-refractivity contribution < 1.29 is 0 Å². The van der Waals surface area contributed by atoms with Gasteiger partial charge in [-0.2, -0.15) is 0 Å². The van der Waals surface area contributed by atoms with Crippen molar-refractivity contribution in [2.24, 2.45) is 5.92 Å². The maximum absolute atomic E-state index is 3.66. The second kappa shape index (κ2) is 6.80. The molecule has 1 heteroatoms. The van der Waals surface area contributed by atoms with Crippen molar-refractivity contribution in [1.29, 1.82) is 0 Å². The van der Waals surface area contributed by atoms with Crippen molar-refractivity contribution in [2.45, 2.75) is 53.5 Å². The highest BCUT2D eigenvalue weighted by Crippen LogP contribution is 2.19. The molecule has 0 heterocycles. The zero-order valence-electron chi connectivity index (χ0n) is 12.0. The normalized spacial score (nSPS) is 13.1. The molecule has 0 aromatic heterocycles. The van der Waals surface area contributed by atoms with Gasteiger partial charge in [-0.3, -0.25) is 0 Å². The molecular formula is C16H27N. The van der Waals surface area contributed by atoms with E-state index in [1.807, 2.05) is 0 Å². The predicted molar refractivity (Wildman–Crippen MR) is 76.4 cm³/mol. The van der Waals surface area contributed by atoms with Gasteiger partial charge in [-0.15, -0.1) is 0 Å². The van der Waals surface area contributed by atoms with E-state index in [9.17, 15) is 0 Å². The number of benzene rings is 1. The van der Waals surface area contributed by atoms with E-state index >= 15 is 0 Å². The molecule has 0 spiro atoms. The number of nitrogens with one attached hydrogen (secondary N) is 1. The summed E-state index contributed by atoms with van der Waals surface area (Å²) in [4.78, 5) is 0. The topological polar surface area (TPSA) is 12.0 Å². The second-order valence-corrected chi connectivity index (χ2v) is 5.17. The van der Waals surface area contributed by atoms with Crippen LogP contribution in [0.3, 0.4) is 0 Å². The molecule has 96 valence electrons. The summed E-state index contributed by atoms with van der Waals surface area (Å²) < 4.78 is 0. The van der Waals surface area contributed by atoms with Gasteiger partial charge in [0, 0.05) is 6.04 Å². The maximum Gasteiger partial charge on any atom is 0.0294 e. The minimum atomic E-state index is 0.455. The van der Waals surface area contributed by atoms with Crippen molar-refractivity contribution in [3.05, 3.63) is 34.9 Å². The lowest BCUT2D eigenvalue weighted by atomic mass is 9.98. The Bertz CT molecular complexity index is 339. The average molecular weight is 233 g/mol. The van der Waals surface area contributed by atoms with Crippen LogP contribution in [0.25, 0.3) is 0 Å². The first-order valence-corrected chi connectivity index (χ1v) is 6.89. The summed E-state index contributed by atoms with van der Waals surface area (Å²) in [6, 6.07) is 7.19. The Morgan fingerprint density at radius 3 is 2.29 bits per heavy atom. The third-order valence-corrected chi connectivity index (χ3v) is 3.76. The smallest absolute Gasteiger partial charge is 0.0294 e. The summed E-state index contributed by atoms with van der Waals surface area (Å²) in [6.45, 7) is 12.3. The second-order valence-electron chi connectivity index (χ2n) is 5.17. The van der Waals surface area contributed by atoms with Crippen LogP contribution < -0.4 is 5.32 Å². The third kappa shape index (κ3) is 4.16. The summed E-state index contributed by atoms with van der Waals surface area (Å²) in [5, 5.41) is 3.66. The Morgan fingerprint density at radius 2 is 1.76 bits per heavy atom. The SMILES string of the molecule is CCC(CC)CNC(C)c1ccc(C)cc1C. The Morgan fingerprint density at radius 1 is 1.12 bits per heavy atom. The highest BCUT2D eigenvalue weighted by Gasteiger charge is 2.10. The molecule has 1 atom stereocenters. The highest BCUT2D eigenvalue weighted by molar-refractivity contribution is 5.32. The number of hydrogen-bond acceptors (Lipinski definition) is 1. The summed E-state index contributed by atoms with van der Waals surface area (Å²) in [5.41, 5.74) is 4.18. The molecule has 0 saturated heterocycles. The van der Waals surface area contributed by atoms with E-state index in [1.165, 1.54) is 29.5 Å². The Hall–Kier alpha value is -0.820. The van der Waals surface area contributed by atoms with Crippen LogP contribution in [0.2, 0.25) is 0 Å². The van der Waals surface area contributed by atoms with Gasteiger partial charge in [-0.05, 0) is 44.4 Å². The Balaban J connectivity index is 2.60. The number of rotatable bonds is 6. The minimum Gasteiger partial charge on any atom is -0.310 e. The van der Waals surface area contributed by atoms with Crippen LogP contribution in [0.15, 0.2) is 18.2 Å². The molecule has 0 bridgehead atoms. The molecule has 0 radical (unpaired) electrons. The van der Waals surface area contributed by atoms with Crippen LogP contribution in [0.5, 0.6) is 0 Å². The standard InChI is InChI=1S/C16H27N/c1-6-15(7-2)11-17-14(5)16-9-8-12(3)10-13(16)4/h8-10,14-15,17H,6-7,11H2,1-5H3. The van der Waals surface area contributed by atoms with Gasteiger partial charge in [-0.1, -0.05) is 50.5 Å². The van der Waals surface area contributed by atoms with Crippen LogP contribution >= 0.6 is 0 Å². The predicted octanol–water partition coefficient (Wildman–Crippen LogP) is 4.39. The molecule has 0 saturated carbocycles. The van der Waals surface area contributed by atoms with Crippen molar-refractivity contribution >= 4 is 0 Å². The molecule has 1 aromatic rings. The van der Waals surface area contributed by atoms with Gasteiger partial charge in [0.2, 0.25) is 0 Å². The van der Waals surface area contributed by atoms with Crippen molar-refractivity contribution in [1.82, 2.24) is 5.32 Å². The highest BCUT2D eigenvalue weighted by atomic mass is 14.9. The zero-order chi connectivity index (χ0) is 12.8. The van der Waals surface area contributed by atoms with Gasteiger partial charge < -0.3 is 5.32 Å². The van der Waals surface area contributed by atoms with Crippen molar-refractivity contribution in [3.8, 4) is 0 Å². The monoisotopic (exact) mass is 233 g/mol. The Labute approximate surface area is 107 Å². The van der Waals surface area contributed by atoms with Crippen molar-refractivity contribution in [3.63, 3.8) is 0 Å². The first-order chi connectivity index (χ1) is 8.08. The van der Waals surface area contributed by atoms with Gasteiger partial charge in [0.05, 0.1) is 0 Å². The summed E-state index contributed by atoms with van der Waals surface area (Å²) >= 11 is 0. The first kappa shape index (κ1) is 14.2. The molecule has 0 aliphatic heterocycles. The largest absolute Gasteiger partial charge is 0.310 e. The van der Waals surface area contributed by atoms with E-state index < -0.39 is 0 Å². The fourth-order valence-electron chi connectivity index (χ4n) is 2.34. The lowest BCUT2D eigenvalue weighted by Gasteiger charge is -2.20. The third-order valence-electron chi connectivity index (χ3n) is 3.76. The Kier molecular flexibility index (Phi) is 5.70. The molecule has 1 rings (SSSR count). The quantitative estimate of drug-likeness (QED) is 0.768. The number of hydrogen-bond donors (Lipinski definition) is 1. The van der Waals surface area contributed by atoms with E-state index in [0.717, 1.165) is 12.5 Å². The van der Waals surface area contributed by atoms with Crippen molar-refractivity contribution in [2.75, 3.05) is 6.54 Å². The van der Waals surface area contributed by atoms with E-state index in [4.69, 9.17) is 0 Å². The molecule has 0 aliphatic carbocycles. The molecule has 1 unspecified atom stereocenters. The number of aryl methyl sites for hydroxylation is 2. The summed E-state index contributed by atoms with van der Waals surface area (Å²) in [5.74, 6) is 0.809. The molecule has 0 aliphatic rings. The van der Waals surface area contributed by atoms with Crippen LogP contribution in [0, 0.1) is 19.8 Å². The fraction of sp³-hybridized carbons (Fsp3) is 0.625. The molecule has 1 nitrogen and oxygen atoms in total. The van der Waals surface area contributed by atoms with Crippen LogP contribution in [0.1, 0.15) is 56.3 Å². The zero-order valence-corrected chi connectivity index (χ0v) is 12.0. The van der Waals surface area contributed by atoms with Crippen LogP contribution in [0.4, 0.5) is 0 Å². The molecule has 0 amide bonds.